The van der Waals surface area contributed by atoms with Crippen LogP contribution in [0.2, 0.25) is 0 Å². The third-order valence-electron chi connectivity index (χ3n) is 8.05. The molecule has 2 fully saturated rings. The van der Waals surface area contributed by atoms with Crippen molar-refractivity contribution in [2.24, 2.45) is 0 Å². The van der Waals surface area contributed by atoms with Crippen molar-refractivity contribution in [1.82, 2.24) is 10.2 Å². The fraction of sp³-hybridized carbons (Fsp3) is 0.562. The topological polar surface area (TPSA) is 88.1 Å². The Morgan fingerprint density at radius 2 is 1.64 bits per heavy atom. The number of hydrogen-bond acceptors (Lipinski definition) is 4. The van der Waals surface area contributed by atoms with Crippen molar-refractivity contribution in [3.8, 4) is 0 Å². The van der Waals surface area contributed by atoms with E-state index in [9.17, 15) is 14.7 Å². The maximum Gasteiger partial charge on any atom is 0.336 e. The molecule has 0 spiro atoms. The van der Waals surface area contributed by atoms with Crippen LogP contribution in [0.15, 0.2) is 42.5 Å². The molecule has 7 nitrogen and oxygen atoms in total. The molecule has 2 N–H and O–H groups in total. The minimum absolute atomic E-state index is 0.0108. The first-order valence-electron chi connectivity index (χ1n) is 14.5. The van der Waals surface area contributed by atoms with Gasteiger partial charge in [0.2, 0.25) is 0 Å². The lowest BCUT2D eigenvalue weighted by Gasteiger charge is -2.31. The van der Waals surface area contributed by atoms with Crippen LogP contribution in [-0.4, -0.2) is 53.4 Å². The van der Waals surface area contributed by atoms with Crippen molar-refractivity contribution in [3.05, 3.63) is 70.3 Å². The maximum atomic E-state index is 13.2. The zero-order chi connectivity index (χ0) is 27.6. The monoisotopic (exact) mass is 536 g/mol. The summed E-state index contributed by atoms with van der Waals surface area (Å²) in [5.74, 6) is -0.917. The highest BCUT2D eigenvalue weighted by molar-refractivity contribution is 5.91. The van der Waals surface area contributed by atoms with Crippen LogP contribution < -0.4 is 5.32 Å². The molecule has 0 aliphatic heterocycles. The number of carboxylic acids is 1. The van der Waals surface area contributed by atoms with Crippen LogP contribution in [0.3, 0.4) is 0 Å². The molecule has 2 aromatic carbocycles. The lowest BCUT2D eigenvalue weighted by Crippen LogP contribution is -2.46. The highest BCUT2D eigenvalue weighted by Gasteiger charge is 2.25. The number of carbonyl (C=O) groups excluding carboxylic acids is 1. The summed E-state index contributed by atoms with van der Waals surface area (Å²) in [5, 5.41) is 12.9. The van der Waals surface area contributed by atoms with Gasteiger partial charge in [0.05, 0.1) is 31.0 Å². The average molecular weight is 537 g/mol. The Morgan fingerprint density at radius 3 is 2.36 bits per heavy atom. The molecule has 2 aliphatic rings. The van der Waals surface area contributed by atoms with E-state index in [2.05, 4.69) is 36.5 Å². The van der Waals surface area contributed by atoms with Gasteiger partial charge in [0.15, 0.2) is 0 Å². The second kappa shape index (κ2) is 14.5. The molecule has 4 rings (SSSR count). The molecule has 0 aromatic heterocycles. The van der Waals surface area contributed by atoms with Crippen molar-refractivity contribution in [3.63, 3.8) is 0 Å². The van der Waals surface area contributed by atoms with Gasteiger partial charge in [0.1, 0.15) is 0 Å². The number of aryl methyl sites for hydroxylation is 2. The van der Waals surface area contributed by atoms with E-state index in [1.54, 1.807) is 0 Å². The highest BCUT2D eigenvalue weighted by atomic mass is 16.5. The number of nitrogens with zero attached hydrogens (tertiary/aromatic N) is 1. The van der Waals surface area contributed by atoms with Gasteiger partial charge in [-0.3, -0.25) is 0 Å². The summed E-state index contributed by atoms with van der Waals surface area (Å²) >= 11 is 0. The van der Waals surface area contributed by atoms with E-state index in [1.807, 2.05) is 30.0 Å². The molecule has 0 heterocycles. The van der Waals surface area contributed by atoms with Crippen molar-refractivity contribution in [2.75, 3.05) is 13.2 Å². The zero-order valence-corrected chi connectivity index (χ0v) is 23.5. The highest BCUT2D eigenvalue weighted by Crippen LogP contribution is 2.26. The standard InChI is InChI=1S/C32H44N2O5/c1-23-14-16-25(17-15-23)21-34(32(37)33-27-10-4-3-5-11-27)18-19-38-28-12-7-13-29(20-28)39-22-26-9-6-8-24(2)30(26)31(35)36/h6,8-9,14-17,27-29H,3-5,7,10-13,18-22H2,1-2H3,(H,33,37)(H,35,36). The van der Waals surface area contributed by atoms with E-state index < -0.39 is 5.97 Å². The van der Waals surface area contributed by atoms with Gasteiger partial charge in [-0.15, -0.1) is 0 Å². The Balaban J connectivity index is 1.28. The summed E-state index contributed by atoms with van der Waals surface area (Å²) in [6.07, 6.45) is 9.52. The number of carbonyl (C=O) groups is 2. The summed E-state index contributed by atoms with van der Waals surface area (Å²) in [5.41, 5.74) is 4.11. The summed E-state index contributed by atoms with van der Waals surface area (Å²) in [6.45, 7) is 5.72. The molecule has 2 aromatic rings. The summed E-state index contributed by atoms with van der Waals surface area (Å²) < 4.78 is 12.4. The summed E-state index contributed by atoms with van der Waals surface area (Å²) in [7, 11) is 0. The Morgan fingerprint density at radius 1 is 0.923 bits per heavy atom. The van der Waals surface area contributed by atoms with Gasteiger partial charge < -0.3 is 24.8 Å². The third-order valence-corrected chi connectivity index (χ3v) is 8.05. The van der Waals surface area contributed by atoms with Crippen LogP contribution >= 0.6 is 0 Å². The molecule has 212 valence electrons. The van der Waals surface area contributed by atoms with E-state index in [1.165, 1.54) is 24.8 Å². The van der Waals surface area contributed by atoms with Crippen LogP contribution in [0.1, 0.15) is 90.4 Å². The lowest BCUT2D eigenvalue weighted by molar-refractivity contribution is -0.0526. The zero-order valence-electron chi connectivity index (χ0n) is 23.5. The van der Waals surface area contributed by atoms with E-state index in [4.69, 9.17) is 9.47 Å². The molecule has 2 saturated carbocycles. The molecular weight excluding hydrogens is 492 g/mol. The Bertz CT molecular complexity index is 1080. The number of aromatic carboxylic acids is 1. The Labute approximate surface area is 232 Å². The van der Waals surface area contributed by atoms with Gasteiger partial charge in [-0.25, -0.2) is 9.59 Å². The molecule has 2 atom stereocenters. The second-order valence-corrected chi connectivity index (χ2v) is 11.2. The molecule has 39 heavy (non-hydrogen) atoms. The van der Waals surface area contributed by atoms with Crippen molar-refractivity contribution >= 4 is 12.0 Å². The number of nitrogens with one attached hydrogen (secondary N) is 1. The van der Waals surface area contributed by atoms with E-state index in [-0.39, 0.29) is 30.9 Å². The van der Waals surface area contributed by atoms with Gasteiger partial charge in [0.25, 0.3) is 0 Å². The molecule has 0 bridgehead atoms. The van der Waals surface area contributed by atoms with Gasteiger partial charge in [0, 0.05) is 19.1 Å². The van der Waals surface area contributed by atoms with E-state index >= 15 is 0 Å². The largest absolute Gasteiger partial charge is 0.478 e. The minimum Gasteiger partial charge on any atom is -0.478 e. The molecule has 2 unspecified atom stereocenters. The smallest absolute Gasteiger partial charge is 0.336 e. The number of hydrogen-bond donors (Lipinski definition) is 2. The van der Waals surface area contributed by atoms with Crippen LogP contribution in [0.25, 0.3) is 0 Å². The molecule has 7 heteroatoms. The molecule has 0 radical (unpaired) electrons. The number of urea groups is 1. The SMILES string of the molecule is Cc1ccc(CN(CCOC2CCCC(OCc3cccc(C)c3C(=O)O)C2)C(=O)NC2CCCCC2)cc1. The van der Waals surface area contributed by atoms with Crippen molar-refractivity contribution in [2.45, 2.75) is 103 Å². The first-order chi connectivity index (χ1) is 18.9. The Kier molecular flexibility index (Phi) is 10.8. The van der Waals surface area contributed by atoms with Crippen molar-refractivity contribution in [1.29, 1.82) is 0 Å². The number of carboxylic acid groups (broad SMARTS) is 1. The lowest BCUT2D eigenvalue weighted by atomic mass is 9.94. The first-order valence-corrected chi connectivity index (χ1v) is 14.5. The summed E-state index contributed by atoms with van der Waals surface area (Å²) in [6, 6.07) is 14.1. The second-order valence-electron chi connectivity index (χ2n) is 11.2. The van der Waals surface area contributed by atoms with E-state index in [0.717, 1.165) is 49.7 Å². The number of rotatable bonds is 11. The predicted octanol–water partition coefficient (Wildman–Crippen LogP) is 6.39. The van der Waals surface area contributed by atoms with Gasteiger partial charge >= 0.3 is 12.0 Å². The number of benzene rings is 2. The van der Waals surface area contributed by atoms with Gasteiger partial charge in [-0.1, -0.05) is 67.3 Å². The van der Waals surface area contributed by atoms with Crippen LogP contribution in [0, 0.1) is 13.8 Å². The molecule has 0 saturated heterocycles. The predicted molar refractivity (Wildman–Crippen MR) is 152 cm³/mol. The van der Waals surface area contributed by atoms with Gasteiger partial charge in [-0.2, -0.15) is 0 Å². The fourth-order valence-corrected chi connectivity index (χ4v) is 5.78. The molecule has 2 aliphatic carbocycles. The van der Waals surface area contributed by atoms with Gasteiger partial charge in [-0.05, 0) is 69.1 Å². The van der Waals surface area contributed by atoms with Crippen LogP contribution in [0.5, 0.6) is 0 Å². The minimum atomic E-state index is -0.917. The Hall–Kier alpha value is -2.90. The van der Waals surface area contributed by atoms with E-state index in [0.29, 0.717) is 30.8 Å². The normalized spacial score (nSPS) is 19.9. The van der Waals surface area contributed by atoms with Crippen LogP contribution in [-0.2, 0) is 22.6 Å². The number of ether oxygens (including phenoxy) is 2. The van der Waals surface area contributed by atoms with Crippen molar-refractivity contribution < 1.29 is 24.2 Å². The maximum absolute atomic E-state index is 13.2. The third kappa shape index (κ3) is 8.80. The quantitative estimate of drug-likeness (QED) is 0.347. The molecule has 2 amide bonds. The molecular formula is C32H44N2O5. The first kappa shape index (κ1) is 29.1. The fourth-order valence-electron chi connectivity index (χ4n) is 5.78. The van der Waals surface area contributed by atoms with Crippen LogP contribution in [0.4, 0.5) is 4.79 Å². The average Bonchev–Trinajstić information content (AvgIpc) is 2.93. The number of amides is 2. The summed E-state index contributed by atoms with van der Waals surface area (Å²) in [4.78, 5) is 26.8.